The minimum atomic E-state index is -0.0591. The van der Waals surface area contributed by atoms with Gasteiger partial charge in [0.1, 0.15) is 6.07 Å². The van der Waals surface area contributed by atoms with E-state index in [1.165, 1.54) is 6.20 Å². The molecule has 0 amide bonds. The lowest BCUT2D eigenvalue weighted by Crippen LogP contribution is -2.31. The Morgan fingerprint density at radius 3 is 2.87 bits per heavy atom. The third-order valence-electron chi connectivity index (χ3n) is 2.17. The summed E-state index contributed by atoms with van der Waals surface area (Å²) in [7, 11) is 0. The molecule has 0 bridgehead atoms. The lowest BCUT2D eigenvalue weighted by Gasteiger charge is -2.26. The third-order valence-corrected chi connectivity index (χ3v) is 2.17. The molecule has 0 spiro atoms. The number of aromatic nitrogens is 2. The van der Waals surface area contributed by atoms with Crippen LogP contribution >= 0.6 is 0 Å². The Morgan fingerprint density at radius 1 is 1.53 bits per heavy atom. The molecule has 1 rings (SSSR count). The first-order chi connectivity index (χ1) is 7.09. The Morgan fingerprint density at radius 2 is 2.27 bits per heavy atom. The van der Waals surface area contributed by atoms with Crippen LogP contribution < -0.4 is 5.32 Å². The molecular formula is C11H16N4. The summed E-state index contributed by atoms with van der Waals surface area (Å²) in [4.78, 5) is 0. The summed E-state index contributed by atoms with van der Waals surface area (Å²) in [6, 6.07) is 3.76. The maximum Gasteiger partial charge on any atom is 0.167 e. The summed E-state index contributed by atoms with van der Waals surface area (Å²) in [5, 5.41) is 19.8. The fraction of sp³-hybridized carbons (Fsp3) is 0.545. The first-order valence-electron chi connectivity index (χ1n) is 5.09. The zero-order chi connectivity index (χ0) is 11.3. The molecule has 0 radical (unpaired) electrons. The topological polar surface area (TPSA) is 61.6 Å². The number of nitrogens with one attached hydrogen (secondary N) is 1. The van der Waals surface area contributed by atoms with E-state index in [1.54, 1.807) is 6.07 Å². The van der Waals surface area contributed by atoms with Crippen molar-refractivity contribution >= 4 is 5.82 Å². The van der Waals surface area contributed by atoms with Crippen molar-refractivity contribution in [3.05, 3.63) is 17.8 Å². The summed E-state index contributed by atoms with van der Waals surface area (Å²) in [6.07, 6.45) is 3.63. The molecule has 1 aromatic heterocycles. The highest BCUT2D eigenvalue weighted by atomic mass is 15.2. The Kier molecular flexibility index (Phi) is 3.62. The van der Waals surface area contributed by atoms with E-state index in [0.717, 1.165) is 12.8 Å². The quantitative estimate of drug-likeness (QED) is 0.817. The largest absolute Gasteiger partial charge is 0.363 e. The van der Waals surface area contributed by atoms with Gasteiger partial charge in [-0.1, -0.05) is 13.3 Å². The fourth-order valence-electron chi connectivity index (χ4n) is 1.52. The standard InChI is InChI=1S/C11H16N4/c1-4-6-11(2,3)14-10-9(8-12)5-7-13-15-10/h5,7H,4,6H2,1-3H3,(H,14,15). The SMILES string of the molecule is CCCC(C)(C)Nc1nnccc1C#N. The molecule has 15 heavy (non-hydrogen) atoms. The van der Waals surface area contributed by atoms with Gasteiger partial charge in [0, 0.05) is 5.54 Å². The minimum Gasteiger partial charge on any atom is -0.363 e. The van der Waals surface area contributed by atoms with Gasteiger partial charge < -0.3 is 5.32 Å². The number of anilines is 1. The van der Waals surface area contributed by atoms with Gasteiger partial charge in [-0.3, -0.25) is 0 Å². The van der Waals surface area contributed by atoms with Gasteiger partial charge in [-0.05, 0) is 26.3 Å². The summed E-state index contributed by atoms with van der Waals surface area (Å²) in [5.41, 5.74) is 0.477. The lowest BCUT2D eigenvalue weighted by atomic mass is 9.99. The number of hydrogen-bond donors (Lipinski definition) is 1. The van der Waals surface area contributed by atoms with E-state index in [-0.39, 0.29) is 5.54 Å². The molecule has 0 aliphatic carbocycles. The summed E-state index contributed by atoms with van der Waals surface area (Å²) < 4.78 is 0. The third kappa shape index (κ3) is 3.21. The first kappa shape index (κ1) is 11.4. The Labute approximate surface area is 90.3 Å². The van der Waals surface area contributed by atoms with Crippen molar-refractivity contribution in [2.24, 2.45) is 0 Å². The summed E-state index contributed by atoms with van der Waals surface area (Å²) in [6.45, 7) is 6.31. The van der Waals surface area contributed by atoms with Crippen LogP contribution in [0.3, 0.4) is 0 Å². The van der Waals surface area contributed by atoms with E-state index in [0.29, 0.717) is 11.4 Å². The predicted molar refractivity (Wildman–Crippen MR) is 59.4 cm³/mol. The highest BCUT2D eigenvalue weighted by molar-refractivity contribution is 5.51. The second-order valence-corrected chi connectivity index (χ2v) is 4.16. The van der Waals surface area contributed by atoms with E-state index < -0.39 is 0 Å². The second kappa shape index (κ2) is 4.74. The van der Waals surface area contributed by atoms with Crippen LogP contribution in [0.5, 0.6) is 0 Å². The molecule has 1 aromatic rings. The summed E-state index contributed by atoms with van der Waals surface area (Å²) in [5.74, 6) is 0.568. The first-order valence-corrected chi connectivity index (χ1v) is 5.09. The van der Waals surface area contributed by atoms with Crippen LogP contribution in [0, 0.1) is 11.3 Å². The van der Waals surface area contributed by atoms with Gasteiger partial charge in [0.25, 0.3) is 0 Å². The molecule has 80 valence electrons. The van der Waals surface area contributed by atoms with Crippen LogP contribution in [-0.4, -0.2) is 15.7 Å². The molecule has 4 heteroatoms. The van der Waals surface area contributed by atoms with Gasteiger partial charge in [-0.15, -0.1) is 5.10 Å². The number of rotatable bonds is 4. The van der Waals surface area contributed by atoms with E-state index in [4.69, 9.17) is 5.26 Å². The van der Waals surface area contributed by atoms with Crippen molar-refractivity contribution in [3.8, 4) is 6.07 Å². The Bertz CT molecular complexity index is 365. The Hall–Kier alpha value is -1.63. The van der Waals surface area contributed by atoms with Crippen molar-refractivity contribution in [2.75, 3.05) is 5.32 Å². The molecule has 1 N–H and O–H groups in total. The van der Waals surface area contributed by atoms with Crippen LogP contribution in [0.15, 0.2) is 12.3 Å². The number of nitriles is 1. The van der Waals surface area contributed by atoms with Crippen LogP contribution in [0.1, 0.15) is 39.2 Å². The molecule has 0 aromatic carbocycles. The van der Waals surface area contributed by atoms with Gasteiger partial charge in [0.05, 0.1) is 11.8 Å². The van der Waals surface area contributed by atoms with Gasteiger partial charge >= 0.3 is 0 Å². The van der Waals surface area contributed by atoms with Gasteiger partial charge in [0.2, 0.25) is 0 Å². The molecule has 0 fully saturated rings. The van der Waals surface area contributed by atoms with E-state index in [9.17, 15) is 0 Å². The summed E-state index contributed by atoms with van der Waals surface area (Å²) >= 11 is 0. The molecule has 0 saturated carbocycles. The van der Waals surface area contributed by atoms with E-state index in [1.807, 2.05) is 0 Å². The average molecular weight is 204 g/mol. The highest BCUT2D eigenvalue weighted by Crippen LogP contribution is 2.19. The molecule has 0 atom stereocenters. The highest BCUT2D eigenvalue weighted by Gasteiger charge is 2.18. The van der Waals surface area contributed by atoms with Crippen molar-refractivity contribution in [1.82, 2.24) is 10.2 Å². The molecule has 4 nitrogen and oxygen atoms in total. The van der Waals surface area contributed by atoms with E-state index in [2.05, 4.69) is 42.4 Å². The molecule has 0 aliphatic rings. The van der Waals surface area contributed by atoms with E-state index >= 15 is 0 Å². The molecule has 1 heterocycles. The van der Waals surface area contributed by atoms with Gasteiger partial charge in [-0.2, -0.15) is 10.4 Å². The van der Waals surface area contributed by atoms with Crippen molar-refractivity contribution < 1.29 is 0 Å². The zero-order valence-corrected chi connectivity index (χ0v) is 9.41. The van der Waals surface area contributed by atoms with Crippen LogP contribution in [-0.2, 0) is 0 Å². The predicted octanol–water partition coefficient (Wildman–Crippen LogP) is 2.34. The molecular weight excluding hydrogens is 188 g/mol. The van der Waals surface area contributed by atoms with Crippen LogP contribution in [0.2, 0.25) is 0 Å². The molecule has 0 saturated heterocycles. The van der Waals surface area contributed by atoms with Crippen molar-refractivity contribution in [3.63, 3.8) is 0 Å². The number of nitrogens with zero attached hydrogens (tertiary/aromatic N) is 3. The van der Waals surface area contributed by atoms with Gasteiger partial charge in [-0.25, -0.2) is 0 Å². The second-order valence-electron chi connectivity index (χ2n) is 4.16. The smallest absolute Gasteiger partial charge is 0.167 e. The van der Waals surface area contributed by atoms with Crippen molar-refractivity contribution in [2.45, 2.75) is 39.2 Å². The molecule has 0 unspecified atom stereocenters. The lowest BCUT2D eigenvalue weighted by molar-refractivity contribution is 0.508. The van der Waals surface area contributed by atoms with Crippen molar-refractivity contribution in [1.29, 1.82) is 5.26 Å². The van der Waals surface area contributed by atoms with Crippen LogP contribution in [0.25, 0.3) is 0 Å². The average Bonchev–Trinajstić information content (AvgIpc) is 2.17. The zero-order valence-electron chi connectivity index (χ0n) is 9.41. The minimum absolute atomic E-state index is 0.0591. The monoisotopic (exact) mass is 204 g/mol. The van der Waals surface area contributed by atoms with Crippen LogP contribution in [0.4, 0.5) is 5.82 Å². The molecule has 0 aliphatic heterocycles. The Balaban J connectivity index is 2.85. The maximum atomic E-state index is 8.89. The van der Waals surface area contributed by atoms with Gasteiger partial charge in [0.15, 0.2) is 5.82 Å². The fourth-order valence-corrected chi connectivity index (χ4v) is 1.52. The maximum absolute atomic E-state index is 8.89. The number of hydrogen-bond acceptors (Lipinski definition) is 4. The normalized spacial score (nSPS) is 10.8.